The van der Waals surface area contributed by atoms with Crippen LogP contribution in [0.15, 0.2) is 23.1 Å². The first-order valence-corrected chi connectivity index (χ1v) is 8.73. The molecule has 1 aliphatic rings. The summed E-state index contributed by atoms with van der Waals surface area (Å²) in [7, 11) is -3.74. The molecule has 2 unspecified atom stereocenters. The number of nitrogen functional groups attached to an aromatic ring is 1. The van der Waals surface area contributed by atoms with Crippen molar-refractivity contribution < 1.29 is 13.5 Å². The molecule has 0 bridgehead atoms. The van der Waals surface area contributed by atoms with Gasteiger partial charge in [-0.3, -0.25) is 0 Å². The molecule has 1 aromatic carbocycles. The van der Waals surface area contributed by atoms with Gasteiger partial charge in [0.05, 0.1) is 16.3 Å². The van der Waals surface area contributed by atoms with Crippen LogP contribution < -0.4 is 16.2 Å². The quantitative estimate of drug-likeness (QED) is 0.608. The second-order valence-corrected chi connectivity index (χ2v) is 7.22. The third kappa shape index (κ3) is 4.09. The summed E-state index contributed by atoms with van der Waals surface area (Å²) in [5, 5.41) is 17.7. The number of hydrogen-bond donors (Lipinski definition) is 4. The molecule has 1 saturated carbocycles. The first kappa shape index (κ1) is 16.1. The molecule has 6 nitrogen and oxygen atoms in total. The van der Waals surface area contributed by atoms with E-state index in [1.807, 2.05) is 0 Å². The third-order valence-corrected chi connectivity index (χ3v) is 5.12. The molecule has 0 saturated heterocycles. The predicted molar refractivity (Wildman–Crippen MR) is 83.3 cm³/mol. The van der Waals surface area contributed by atoms with Crippen molar-refractivity contribution >= 4 is 21.4 Å². The minimum atomic E-state index is -3.74. The molecule has 118 valence electrons. The highest BCUT2D eigenvalue weighted by molar-refractivity contribution is 7.89. The van der Waals surface area contributed by atoms with Gasteiger partial charge in [-0.2, -0.15) is 0 Å². The number of benzene rings is 1. The molecule has 0 aromatic heterocycles. The van der Waals surface area contributed by atoms with Gasteiger partial charge in [0.25, 0.3) is 0 Å². The fourth-order valence-corrected chi connectivity index (χ4v) is 3.44. The second kappa shape index (κ2) is 6.64. The monoisotopic (exact) mass is 313 g/mol. The van der Waals surface area contributed by atoms with E-state index in [9.17, 15) is 13.5 Å². The van der Waals surface area contributed by atoms with Gasteiger partial charge in [0.1, 0.15) is 0 Å². The summed E-state index contributed by atoms with van der Waals surface area (Å²) in [4.78, 5) is 0.0431. The van der Waals surface area contributed by atoms with E-state index in [-0.39, 0.29) is 11.5 Å². The number of rotatable bonds is 5. The molecule has 1 fully saturated rings. The molecular weight excluding hydrogens is 290 g/mol. The molecule has 0 amide bonds. The Bertz CT molecular complexity index is 589. The minimum Gasteiger partial charge on any atom is -0.397 e. The zero-order chi connectivity index (χ0) is 15.5. The zero-order valence-electron chi connectivity index (χ0n) is 12.0. The highest BCUT2D eigenvalue weighted by atomic mass is 32.2. The molecule has 2 rings (SSSR count). The van der Waals surface area contributed by atoms with Crippen LogP contribution in [0.25, 0.3) is 0 Å². The average Bonchev–Trinajstić information content (AvgIpc) is 2.45. The molecule has 1 aromatic rings. The predicted octanol–water partition coefficient (Wildman–Crippen LogP) is 1.13. The van der Waals surface area contributed by atoms with E-state index in [1.165, 1.54) is 18.2 Å². The fraction of sp³-hybridized carbons (Fsp3) is 0.571. The van der Waals surface area contributed by atoms with Gasteiger partial charge >= 0.3 is 0 Å². The molecular formula is C14H23N3O3S. The van der Waals surface area contributed by atoms with E-state index in [0.717, 1.165) is 25.7 Å². The number of aliphatic hydroxyl groups is 1. The van der Waals surface area contributed by atoms with E-state index in [2.05, 4.69) is 5.32 Å². The molecule has 1 aliphatic carbocycles. The standard InChI is InChI=1S/C14H23N3O3S/c15-13-6-5-12(21(16,19)20)7-14(13)17-8-10-3-1-2-4-11(10)9-18/h5-7,10-11,17-18H,1-4,8-9,15H2,(H2,16,19,20). The van der Waals surface area contributed by atoms with Crippen molar-refractivity contribution in [3.63, 3.8) is 0 Å². The number of aliphatic hydroxyl groups excluding tert-OH is 1. The smallest absolute Gasteiger partial charge is 0.238 e. The lowest BCUT2D eigenvalue weighted by molar-refractivity contribution is 0.141. The van der Waals surface area contributed by atoms with Crippen LogP contribution in [-0.4, -0.2) is 26.7 Å². The number of sulfonamides is 1. The summed E-state index contributed by atoms with van der Waals surface area (Å²) in [6.07, 6.45) is 4.42. The van der Waals surface area contributed by atoms with E-state index in [4.69, 9.17) is 10.9 Å². The highest BCUT2D eigenvalue weighted by Gasteiger charge is 2.24. The molecule has 0 heterocycles. The first-order chi connectivity index (χ1) is 9.91. The van der Waals surface area contributed by atoms with Crippen molar-refractivity contribution in [2.24, 2.45) is 17.0 Å². The zero-order valence-corrected chi connectivity index (χ0v) is 12.8. The molecule has 21 heavy (non-hydrogen) atoms. The summed E-state index contributed by atoms with van der Waals surface area (Å²) in [6, 6.07) is 4.39. The van der Waals surface area contributed by atoms with Crippen LogP contribution in [0, 0.1) is 11.8 Å². The lowest BCUT2D eigenvalue weighted by atomic mass is 9.79. The Balaban J connectivity index is 2.08. The molecule has 0 aliphatic heterocycles. The highest BCUT2D eigenvalue weighted by Crippen LogP contribution is 2.31. The van der Waals surface area contributed by atoms with Crippen LogP contribution in [0.4, 0.5) is 11.4 Å². The van der Waals surface area contributed by atoms with Crippen LogP contribution >= 0.6 is 0 Å². The van der Waals surface area contributed by atoms with Gasteiger partial charge in [-0.25, -0.2) is 13.6 Å². The maximum Gasteiger partial charge on any atom is 0.238 e. The topological polar surface area (TPSA) is 118 Å². The summed E-state index contributed by atoms with van der Waals surface area (Å²) in [5.74, 6) is 0.676. The van der Waals surface area contributed by atoms with Gasteiger partial charge < -0.3 is 16.2 Å². The van der Waals surface area contributed by atoms with E-state index >= 15 is 0 Å². The average molecular weight is 313 g/mol. The molecule has 2 atom stereocenters. The maximum absolute atomic E-state index is 11.4. The van der Waals surface area contributed by atoms with E-state index in [0.29, 0.717) is 29.8 Å². The van der Waals surface area contributed by atoms with Crippen molar-refractivity contribution in [3.05, 3.63) is 18.2 Å². The summed E-state index contributed by atoms with van der Waals surface area (Å²) in [6.45, 7) is 0.864. The summed E-state index contributed by atoms with van der Waals surface area (Å²) < 4.78 is 22.8. The fourth-order valence-electron chi connectivity index (χ4n) is 2.90. The van der Waals surface area contributed by atoms with Crippen molar-refractivity contribution in [2.45, 2.75) is 30.6 Å². The van der Waals surface area contributed by atoms with Crippen LogP contribution in [0.5, 0.6) is 0 Å². The van der Waals surface area contributed by atoms with Gasteiger partial charge in [-0.05, 0) is 42.9 Å². The van der Waals surface area contributed by atoms with E-state index < -0.39 is 10.0 Å². The first-order valence-electron chi connectivity index (χ1n) is 7.19. The Morgan fingerprint density at radius 3 is 2.52 bits per heavy atom. The van der Waals surface area contributed by atoms with Crippen molar-refractivity contribution in [3.8, 4) is 0 Å². The Morgan fingerprint density at radius 1 is 1.24 bits per heavy atom. The number of hydrogen-bond acceptors (Lipinski definition) is 5. The van der Waals surface area contributed by atoms with Crippen LogP contribution in [0.2, 0.25) is 0 Å². The molecule has 7 heteroatoms. The Kier molecular flexibility index (Phi) is 5.08. The largest absolute Gasteiger partial charge is 0.397 e. The Hall–Kier alpha value is -1.31. The minimum absolute atomic E-state index is 0.0431. The van der Waals surface area contributed by atoms with Gasteiger partial charge in [0.15, 0.2) is 0 Å². The number of nitrogens with one attached hydrogen (secondary N) is 1. The van der Waals surface area contributed by atoms with Crippen molar-refractivity contribution in [1.82, 2.24) is 0 Å². The van der Waals surface area contributed by atoms with E-state index in [1.54, 1.807) is 0 Å². The van der Waals surface area contributed by atoms with Crippen LogP contribution in [-0.2, 0) is 10.0 Å². The number of nitrogens with two attached hydrogens (primary N) is 2. The molecule has 6 N–H and O–H groups in total. The van der Waals surface area contributed by atoms with Gasteiger partial charge in [0.2, 0.25) is 10.0 Å². The Morgan fingerprint density at radius 2 is 1.90 bits per heavy atom. The SMILES string of the molecule is Nc1ccc(S(N)(=O)=O)cc1NCC1CCCCC1CO. The van der Waals surface area contributed by atoms with Crippen molar-refractivity contribution in [2.75, 3.05) is 24.2 Å². The lowest BCUT2D eigenvalue weighted by Gasteiger charge is -2.30. The number of primary sulfonamides is 1. The molecule has 0 spiro atoms. The van der Waals surface area contributed by atoms with Crippen LogP contribution in [0.3, 0.4) is 0 Å². The Labute approximate surface area is 125 Å². The molecule has 0 radical (unpaired) electrons. The van der Waals surface area contributed by atoms with Gasteiger partial charge in [-0.1, -0.05) is 12.8 Å². The maximum atomic E-state index is 11.4. The van der Waals surface area contributed by atoms with Gasteiger partial charge in [-0.15, -0.1) is 0 Å². The summed E-state index contributed by atoms with van der Waals surface area (Å²) in [5.41, 5.74) is 6.93. The van der Waals surface area contributed by atoms with Crippen LogP contribution in [0.1, 0.15) is 25.7 Å². The lowest BCUT2D eigenvalue weighted by Crippen LogP contribution is -2.28. The normalized spacial score (nSPS) is 23.0. The second-order valence-electron chi connectivity index (χ2n) is 5.66. The number of anilines is 2. The summed E-state index contributed by atoms with van der Waals surface area (Å²) >= 11 is 0. The van der Waals surface area contributed by atoms with Crippen molar-refractivity contribution in [1.29, 1.82) is 0 Å². The third-order valence-electron chi connectivity index (χ3n) is 4.21. The van der Waals surface area contributed by atoms with Gasteiger partial charge in [0, 0.05) is 13.2 Å².